The summed E-state index contributed by atoms with van der Waals surface area (Å²) in [5.74, 6) is 1.25. The quantitative estimate of drug-likeness (QED) is 0.863. The van der Waals surface area contributed by atoms with Crippen LogP contribution in [-0.4, -0.2) is 40.4 Å². The Morgan fingerprint density at radius 1 is 1.56 bits per heavy atom. The zero-order chi connectivity index (χ0) is 13.1. The van der Waals surface area contributed by atoms with Gasteiger partial charge in [-0.3, -0.25) is 9.78 Å². The van der Waals surface area contributed by atoms with Crippen LogP contribution in [0, 0.1) is 5.92 Å². The second-order valence-electron chi connectivity index (χ2n) is 4.81. The van der Waals surface area contributed by atoms with E-state index in [0.717, 1.165) is 6.54 Å². The minimum atomic E-state index is -0.0540. The molecule has 0 radical (unpaired) electrons. The van der Waals surface area contributed by atoms with E-state index in [1.165, 1.54) is 19.0 Å². The Kier molecular flexibility index (Phi) is 3.79. The summed E-state index contributed by atoms with van der Waals surface area (Å²) in [5, 5.41) is 3.06. The van der Waals surface area contributed by atoms with Gasteiger partial charge in [0.15, 0.2) is 0 Å². The van der Waals surface area contributed by atoms with E-state index in [-0.39, 0.29) is 11.9 Å². The van der Waals surface area contributed by atoms with E-state index >= 15 is 0 Å². The fourth-order valence-corrected chi connectivity index (χ4v) is 2.00. The average Bonchev–Trinajstić information content (AvgIpc) is 3.21. The van der Waals surface area contributed by atoms with Gasteiger partial charge in [0, 0.05) is 19.6 Å². The lowest BCUT2D eigenvalue weighted by atomic mass is 10.2. The molecule has 1 aromatic rings. The molecule has 0 aliphatic heterocycles. The molecule has 98 valence electrons. The van der Waals surface area contributed by atoms with Gasteiger partial charge in [-0.15, -0.1) is 0 Å². The molecule has 0 aromatic carbocycles. The molecule has 1 aliphatic carbocycles. The zero-order valence-corrected chi connectivity index (χ0v) is 11.2. The third-order valence-electron chi connectivity index (χ3n) is 3.45. The molecular weight excluding hydrogens is 228 g/mol. The maximum Gasteiger partial charge on any atom is 0.274 e. The Morgan fingerprint density at radius 3 is 2.89 bits per heavy atom. The number of anilines is 1. The Hall–Kier alpha value is -1.65. The summed E-state index contributed by atoms with van der Waals surface area (Å²) in [6.45, 7) is 4.84. The van der Waals surface area contributed by atoms with E-state index in [4.69, 9.17) is 0 Å². The Labute approximate surface area is 108 Å². The van der Waals surface area contributed by atoms with Crippen LogP contribution in [0.2, 0.25) is 0 Å². The van der Waals surface area contributed by atoms with Gasteiger partial charge in [-0.1, -0.05) is 0 Å². The Bertz CT molecular complexity index is 431. The predicted molar refractivity (Wildman–Crippen MR) is 70.5 cm³/mol. The van der Waals surface area contributed by atoms with Crippen LogP contribution in [-0.2, 0) is 0 Å². The zero-order valence-electron chi connectivity index (χ0n) is 11.2. The van der Waals surface area contributed by atoms with E-state index in [9.17, 15) is 4.79 Å². The summed E-state index contributed by atoms with van der Waals surface area (Å²) in [6.07, 6.45) is 5.60. The molecule has 0 spiro atoms. The highest BCUT2D eigenvalue weighted by Gasteiger charge is 2.33. The molecule has 2 rings (SSSR count). The molecule has 1 saturated carbocycles. The van der Waals surface area contributed by atoms with Crippen LogP contribution in [0.5, 0.6) is 0 Å². The highest BCUT2D eigenvalue weighted by molar-refractivity contribution is 5.92. The molecule has 5 nitrogen and oxygen atoms in total. The number of carbonyl (C=O) groups is 1. The lowest BCUT2D eigenvalue weighted by molar-refractivity contribution is 0.0721. The molecular formula is C13H20N4O. The minimum Gasteiger partial charge on any atom is -0.369 e. The first-order valence-corrected chi connectivity index (χ1v) is 6.46. The second-order valence-corrected chi connectivity index (χ2v) is 4.81. The fourth-order valence-electron chi connectivity index (χ4n) is 2.00. The highest BCUT2D eigenvalue weighted by atomic mass is 16.2. The predicted octanol–water partition coefficient (Wildman–Crippen LogP) is 1.78. The maximum atomic E-state index is 12.3. The minimum absolute atomic E-state index is 0.0540. The van der Waals surface area contributed by atoms with Crippen molar-refractivity contribution in [2.75, 3.05) is 18.9 Å². The standard InChI is InChI=1S/C13H20N4O/c1-4-15-12-8-14-7-11(16-12)13(18)17(3)9(2)10-5-6-10/h7-10H,4-6H2,1-3H3,(H,15,16). The maximum absolute atomic E-state index is 12.3. The largest absolute Gasteiger partial charge is 0.369 e. The molecule has 5 heteroatoms. The third-order valence-corrected chi connectivity index (χ3v) is 3.45. The van der Waals surface area contributed by atoms with E-state index in [1.807, 2.05) is 14.0 Å². The van der Waals surface area contributed by atoms with Crippen molar-refractivity contribution in [2.24, 2.45) is 5.92 Å². The summed E-state index contributed by atoms with van der Waals surface area (Å²) in [5.41, 5.74) is 0.406. The van der Waals surface area contributed by atoms with Crippen LogP contribution >= 0.6 is 0 Å². The first-order chi connectivity index (χ1) is 8.63. The van der Waals surface area contributed by atoms with Gasteiger partial charge < -0.3 is 10.2 Å². The number of amides is 1. The van der Waals surface area contributed by atoms with Crippen LogP contribution in [0.15, 0.2) is 12.4 Å². The van der Waals surface area contributed by atoms with Crippen LogP contribution in [0.4, 0.5) is 5.82 Å². The Balaban J connectivity index is 2.09. The first kappa shape index (κ1) is 12.8. The number of nitrogens with zero attached hydrogens (tertiary/aromatic N) is 3. The summed E-state index contributed by atoms with van der Waals surface area (Å²) in [4.78, 5) is 22.4. The number of hydrogen-bond acceptors (Lipinski definition) is 4. The van der Waals surface area contributed by atoms with Crippen LogP contribution < -0.4 is 5.32 Å². The van der Waals surface area contributed by atoms with Crippen molar-refractivity contribution in [3.05, 3.63) is 18.1 Å². The van der Waals surface area contributed by atoms with Crippen molar-refractivity contribution in [2.45, 2.75) is 32.7 Å². The number of aromatic nitrogens is 2. The van der Waals surface area contributed by atoms with Crippen LogP contribution in [0.3, 0.4) is 0 Å². The van der Waals surface area contributed by atoms with Gasteiger partial charge in [-0.2, -0.15) is 0 Å². The smallest absolute Gasteiger partial charge is 0.274 e. The number of hydrogen-bond donors (Lipinski definition) is 1. The Morgan fingerprint density at radius 2 is 2.28 bits per heavy atom. The molecule has 1 N–H and O–H groups in total. The molecule has 1 aliphatic rings. The van der Waals surface area contributed by atoms with Gasteiger partial charge in [-0.05, 0) is 32.6 Å². The van der Waals surface area contributed by atoms with Gasteiger partial charge in [0.25, 0.3) is 5.91 Å². The van der Waals surface area contributed by atoms with Crippen LogP contribution in [0.1, 0.15) is 37.2 Å². The summed E-state index contributed by atoms with van der Waals surface area (Å²) < 4.78 is 0. The second kappa shape index (κ2) is 5.33. The number of nitrogens with one attached hydrogen (secondary N) is 1. The molecule has 0 saturated heterocycles. The van der Waals surface area contributed by atoms with Gasteiger partial charge >= 0.3 is 0 Å². The van der Waals surface area contributed by atoms with E-state index in [1.54, 1.807) is 11.1 Å². The third kappa shape index (κ3) is 2.78. The van der Waals surface area contributed by atoms with Crippen molar-refractivity contribution >= 4 is 11.7 Å². The molecule has 1 heterocycles. The summed E-state index contributed by atoms with van der Waals surface area (Å²) in [6, 6.07) is 0.280. The van der Waals surface area contributed by atoms with Crippen molar-refractivity contribution in [3.63, 3.8) is 0 Å². The van der Waals surface area contributed by atoms with Gasteiger partial charge in [0.05, 0.1) is 12.4 Å². The van der Waals surface area contributed by atoms with E-state index < -0.39 is 0 Å². The van der Waals surface area contributed by atoms with Crippen molar-refractivity contribution in [1.29, 1.82) is 0 Å². The molecule has 1 atom stereocenters. The van der Waals surface area contributed by atoms with E-state index in [2.05, 4.69) is 22.2 Å². The SMILES string of the molecule is CCNc1cncc(C(=O)N(C)C(C)C2CC2)n1. The summed E-state index contributed by atoms with van der Waals surface area (Å²) in [7, 11) is 1.84. The topological polar surface area (TPSA) is 58.1 Å². The monoisotopic (exact) mass is 248 g/mol. The van der Waals surface area contributed by atoms with Gasteiger partial charge in [0.2, 0.25) is 0 Å². The molecule has 1 fully saturated rings. The fraction of sp³-hybridized carbons (Fsp3) is 0.615. The van der Waals surface area contributed by atoms with Crippen molar-refractivity contribution < 1.29 is 4.79 Å². The van der Waals surface area contributed by atoms with Gasteiger partial charge in [-0.25, -0.2) is 4.98 Å². The number of rotatable bonds is 5. The normalized spacial score (nSPS) is 16.2. The highest BCUT2D eigenvalue weighted by Crippen LogP contribution is 2.34. The number of carbonyl (C=O) groups excluding carboxylic acids is 1. The lowest BCUT2D eigenvalue weighted by Crippen LogP contribution is -2.37. The molecule has 1 amide bonds. The first-order valence-electron chi connectivity index (χ1n) is 6.46. The van der Waals surface area contributed by atoms with Gasteiger partial charge in [0.1, 0.15) is 11.5 Å². The molecule has 1 aromatic heterocycles. The van der Waals surface area contributed by atoms with E-state index in [0.29, 0.717) is 17.4 Å². The van der Waals surface area contributed by atoms with Crippen molar-refractivity contribution in [1.82, 2.24) is 14.9 Å². The van der Waals surface area contributed by atoms with Crippen LogP contribution in [0.25, 0.3) is 0 Å². The molecule has 1 unspecified atom stereocenters. The summed E-state index contributed by atoms with van der Waals surface area (Å²) >= 11 is 0. The average molecular weight is 248 g/mol. The lowest BCUT2D eigenvalue weighted by Gasteiger charge is -2.24. The van der Waals surface area contributed by atoms with Crippen molar-refractivity contribution in [3.8, 4) is 0 Å². The molecule has 18 heavy (non-hydrogen) atoms. The molecule has 0 bridgehead atoms.